The molecule has 178 valence electrons. The first-order chi connectivity index (χ1) is 16.3. The second kappa shape index (κ2) is 10.3. The lowest BCUT2D eigenvalue weighted by atomic mass is 9.97. The van der Waals surface area contributed by atoms with Crippen LogP contribution in [0.1, 0.15) is 18.4 Å². The molecule has 1 aliphatic heterocycles. The number of hydrogen-bond acceptors (Lipinski definition) is 4. The van der Waals surface area contributed by atoms with E-state index in [1.54, 1.807) is 0 Å². The summed E-state index contributed by atoms with van der Waals surface area (Å²) < 4.78 is 59.7. The largest absolute Gasteiger partial charge is 0.457 e. The van der Waals surface area contributed by atoms with Crippen LogP contribution in [0.25, 0.3) is 0 Å². The summed E-state index contributed by atoms with van der Waals surface area (Å²) in [6, 6.07) is 19.1. The number of sulfonamides is 1. The fraction of sp³-hybridized carbons (Fsp3) is 0.240. The summed E-state index contributed by atoms with van der Waals surface area (Å²) >= 11 is 0. The zero-order valence-electron chi connectivity index (χ0n) is 18.3. The van der Waals surface area contributed by atoms with E-state index in [2.05, 4.69) is 5.32 Å². The Hall–Kier alpha value is -3.30. The van der Waals surface area contributed by atoms with Crippen LogP contribution in [-0.4, -0.2) is 31.7 Å². The lowest BCUT2D eigenvalue weighted by molar-refractivity contribution is -0.126. The average molecular weight is 487 g/mol. The van der Waals surface area contributed by atoms with Crippen molar-refractivity contribution in [1.82, 2.24) is 9.62 Å². The molecule has 0 unspecified atom stereocenters. The molecule has 1 heterocycles. The number of hydrogen-bond donors (Lipinski definition) is 1. The van der Waals surface area contributed by atoms with E-state index < -0.39 is 26.6 Å². The predicted octanol–water partition coefficient (Wildman–Crippen LogP) is 4.47. The van der Waals surface area contributed by atoms with Gasteiger partial charge in [0.05, 0.1) is 0 Å². The maximum atomic E-state index is 14.0. The van der Waals surface area contributed by atoms with Gasteiger partial charge in [0.1, 0.15) is 28.0 Å². The minimum atomic E-state index is -4.17. The standard InChI is InChI=1S/C25H24F2N2O4S/c26-20-8-11-23(27)24(16-20)34(31,32)29-14-12-19(13-15-29)25(30)28-17-18-6-9-22(10-7-18)33-21-4-2-1-3-5-21/h1-11,16,19H,12-15,17H2,(H,28,30). The van der Waals surface area contributed by atoms with E-state index in [9.17, 15) is 22.0 Å². The number of carbonyl (C=O) groups excluding carboxylic acids is 1. The molecule has 0 radical (unpaired) electrons. The van der Waals surface area contributed by atoms with Crippen LogP contribution >= 0.6 is 0 Å². The molecule has 0 saturated carbocycles. The Morgan fingerprint density at radius 2 is 1.59 bits per heavy atom. The maximum Gasteiger partial charge on any atom is 0.246 e. The third-order valence-electron chi connectivity index (χ3n) is 5.70. The van der Waals surface area contributed by atoms with Crippen LogP contribution in [0, 0.1) is 17.6 Å². The monoisotopic (exact) mass is 486 g/mol. The van der Waals surface area contributed by atoms with Gasteiger partial charge in [0.25, 0.3) is 0 Å². The molecule has 1 N–H and O–H groups in total. The van der Waals surface area contributed by atoms with Gasteiger partial charge in [-0.05, 0) is 60.9 Å². The zero-order chi connectivity index (χ0) is 24.1. The molecule has 1 amide bonds. The van der Waals surface area contributed by atoms with Gasteiger partial charge >= 0.3 is 0 Å². The maximum absolute atomic E-state index is 14.0. The fourth-order valence-electron chi connectivity index (χ4n) is 3.81. The van der Waals surface area contributed by atoms with Gasteiger partial charge in [0.2, 0.25) is 15.9 Å². The average Bonchev–Trinajstić information content (AvgIpc) is 2.85. The normalized spacial score (nSPS) is 15.1. The highest BCUT2D eigenvalue weighted by molar-refractivity contribution is 7.89. The lowest BCUT2D eigenvalue weighted by Crippen LogP contribution is -2.43. The van der Waals surface area contributed by atoms with Crippen LogP contribution in [0.15, 0.2) is 77.7 Å². The van der Waals surface area contributed by atoms with Crippen LogP contribution < -0.4 is 10.1 Å². The van der Waals surface area contributed by atoms with Crippen molar-refractivity contribution in [2.75, 3.05) is 13.1 Å². The van der Waals surface area contributed by atoms with Crippen molar-refractivity contribution >= 4 is 15.9 Å². The van der Waals surface area contributed by atoms with Crippen molar-refractivity contribution in [2.24, 2.45) is 5.92 Å². The molecule has 1 fully saturated rings. The molecule has 0 spiro atoms. The third kappa shape index (κ3) is 5.60. The molecule has 0 aliphatic carbocycles. The van der Waals surface area contributed by atoms with Gasteiger partial charge in [-0.2, -0.15) is 4.31 Å². The minimum absolute atomic E-state index is 0.0574. The molecule has 1 saturated heterocycles. The molecule has 0 atom stereocenters. The van der Waals surface area contributed by atoms with E-state index in [1.807, 2.05) is 54.6 Å². The molecule has 1 aliphatic rings. The van der Waals surface area contributed by atoms with Gasteiger partial charge < -0.3 is 10.1 Å². The minimum Gasteiger partial charge on any atom is -0.457 e. The first kappa shape index (κ1) is 23.8. The van der Waals surface area contributed by atoms with E-state index in [0.717, 1.165) is 27.8 Å². The Kier molecular flexibility index (Phi) is 7.23. The number of amides is 1. The molecule has 3 aromatic carbocycles. The number of nitrogens with zero attached hydrogens (tertiary/aromatic N) is 1. The zero-order valence-corrected chi connectivity index (χ0v) is 19.1. The molecule has 0 bridgehead atoms. The first-order valence-corrected chi connectivity index (χ1v) is 12.3. The van der Waals surface area contributed by atoms with Crippen LogP contribution in [-0.2, 0) is 21.4 Å². The number of nitrogens with one attached hydrogen (secondary N) is 1. The Balaban J connectivity index is 1.28. The van der Waals surface area contributed by atoms with Gasteiger partial charge in [0.15, 0.2) is 0 Å². The molecular weight excluding hydrogens is 462 g/mol. The number of rotatable bonds is 7. The highest BCUT2D eigenvalue weighted by Crippen LogP contribution is 2.26. The van der Waals surface area contributed by atoms with Crippen LogP contribution in [0.4, 0.5) is 8.78 Å². The SMILES string of the molecule is O=C(NCc1ccc(Oc2ccccc2)cc1)C1CCN(S(=O)(=O)c2cc(F)ccc2F)CC1. The molecular formula is C25H24F2N2O4S. The topological polar surface area (TPSA) is 75.7 Å². The molecule has 34 heavy (non-hydrogen) atoms. The second-order valence-electron chi connectivity index (χ2n) is 8.03. The van der Waals surface area contributed by atoms with Gasteiger partial charge in [-0.15, -0.1) is 0 Å². The Morgan fingerprint density at radius 3 is 2.26 bits per heavy atom. The molecule has 6 nitrogen and oxygen atoms in total. The number of halogens is 2. The van der Waals surface area contributed by atoms with Gasteiger partial charge in [0, 0.05) is 25.6 Å². The first-order valence-electron chi connectivity index (χ1n) is 10.9. The van der Waals surface area contributed by atoms with Gasteiger partial charge in [-0.3, -0.25) is 4.79 Å². The highest BCUT2D eigenvalue weighted by Gasteiger charge is 2.33. The molecule has 3 aromatic rings. The highest BCUT2D eigenvalue weighted by atomic mass is 32.2. The van der Waals surface area contributed by atoms with Crippen LogP contribution in [0.2, 0.25) is 0 Å². The summed E-state index contributed by atoms with van der Waals surface area (Å²) in [5.41, 5.74) is 0.898. The summed E-state index contributed by atoms with van der Waals surface area (Å²) in [4.78, 5) is 11.9. The Bertz CT molecular complexity index is 1240. The lowest BCUT2D eigenvalue weighted by Gasteiger charge is -2.30. The Labute approximate surface area is 197 Å². The number of benzene rings is 3. The van der Waals surface area contributed by atoms with Crippen molar-refractivity contribution in [1.29, 1.82) is 0 Å². The summed E-state index contributed by atoms with van der Waals surface area (Å²) in [5, 5.41) is 2.88. The Morgan fingerprint density at radius 1 is 0.941 bits per heavy atom. The summed E-state index contributed by atoms with van der Waals surface area (Å²) in [6.45, 7) is 0.446. The van der Waals surface area contributed by atoms with Crippen LogP contribution in [0.5, 0.6) is 11.5 Å². The van der Waals surface area contributed by atoms with E-state index >= 15 is 0 Å². The summed E-state index contributed by atoms with van der Waals surface area (Å²) in [5.74, 6) is -0.930. The fourth-order valence-corrected chi connectivity index (χ4v) is 5.35. The number of ether oxygens (including phenoxy) is 1. The number of carbonyl (C=O) groups is 1. The van der Waals surface area contributed by atoms with Crippen molar-refractivity contribution in [3.8, 4) is 11.5 Å². The van der Waals surface area contributed by atoms with E-state index in [1.165, 1.54) is 0 Å². The van der Waals surface area contributed by atoms with E-state index in [0.29, 0.717) is 31.2 Å². The second-order valence-corrected chi connectivity index (χ2v) is 9.94. The van der Waals surface area contributed by atoms with Gasteiger partial charge in [-0.25, -0.2) is 17.2 Å². The van der Waals surface area contributed by atoms with Crippen molar-refractivity contribution in [3.05, 3.63) is 90.0 Å². The number of para-hydroxylation sites is 1. The quantitative estimate of drug-likeness (QED) is 0.535. The van der Waals surface area contributed by atoms with E-state index in [4.69, 9.17) is 4.74 Å². The molecule has 4 rings (SSSR count). The summed E-state index contributed by atoms with van der Waals surface area (Å²) in [6.07, 6.45) is 0.595. The van der Waals surface area contributed by atoms with Crippen molar-refractivity contribution in [2.45, 2.75) is 24.3 Å². The van der Waals surface area contributed by atoms with Crippen molar-refractivity contribution in [3.63, 3.8) is 0 Å². The predicted molar refractivity (Wildman–Crippen MR) is 123 cm³/mol. The van der Waals surface area contributed by atoms with Crippen molar-refractivity contribution < 1.29 is 26.7 Å². The van der Waals surface area contributed by atoms with E-state index in [-0.39, 0.29) is 24.9 Å². The molecule has 0 aromatic heterocycles. The van der Waals surface area contributed by atoms with Gasteiger partial charge in [-0.1, -0.05) is 30.3 Å². The van der Waals surface area contributed by atoms with Crippen LogP contribution in [0.3, 0.4) is 0 Å². The summed E-state index contributed by atoms with van der Waals surface area (Å²) in [7, 11) is -4.17. The third-order valence-corrected chi connectivity index (χ3v) is 7.62. The smallest absolute Gasteiger partial charge is 0.246 e. The molecule has 9 heteroatoms. The number of piperidine rings is 1.